The van der Waals surface area contributed by atoms with Gasteiger partial charge in [0.1, 0.15) is 16.5 Å². The number of aliphatic hydroxyl groups excluding tert-OH is 1. The van der Waals surface area contributed by atoms with E-state index in [9.17, 15) is 13.5 Å². The first kappa shape index (κ1) is 15.6. The van der Waals surface area contributed by atoms with Gasteiger partial charge in [-0.25, -0.2) is 13.4 Å². The Morgan fingerprint density at radius 3 is 3.00 bits per heavy atom. The van der Waals surface area contributed by atoms with Crippen molar-refractivity contribution in [2.75, 3.05) is 17.1 Å². The lowest BCUT2D eigenvalue weighted by Gasteiger charge is -2.24. The van der Waals surface area contributed by atoms with Gasteiger partial charge in [0.2, 0.25) is 0 Å². The summed E-state index contributed by atoms with van der Waals surface area (Å²) in [5.41, 5.74) is 7.20. The molecule has 23 heavy (non-hydrogen) atoms. The molecule has 0 aliphatic carbocycles. The molecule has 0 spiro atoms. The van der Waals surface area contributed by atoms with Crippen LogP contribution >= 0.6 is 0 Å². The highest BCUT2D eigenvalue weighted by molar-refractivity contribution is 7.92. The van der Waals surface area contributed by atoms with Gasteiger partial charge in [0.05, 0.1) is 18.4 Å². The number of nitrogens with two attached hydrogens (primary N) is 1. The van der Waals surface area contributed by atoms with Gasteiger partial charge >= 0.3 is 0 Å². The maximum absolute atomic E-state index is 12.6. The first-order valence-electron chi connectivity index (χ1n) is 7.07. The fourth-order valence-corrected chi connectivity index (χ4v) is 3.68. The Labute approximate surface area is 134 Å². The predicted molar refractivity (Wildman–Crippen MR) is 85.7 cm³/mol. The van der Waals surface area contributed by atoms with Crippen molar-refractivity contribution in [1.82, 2.24) is 4.98 Å². The summed E-state index contributed by atoms with van der Waals surface area (Å²) in [6.45, 7) is 2.05. The molecule has 1 unspecified atom stereocenters. The number of para-hydroxylation sites is 1. The molecule has 0 amide bonds. The van der Waals surface area contributed by atoms with Crippen LogP contribution < -0.4 is 15.2 Å². The number of pyridine rings is 1. The topological polar surface area (TPSA) is 115 Å². The molecule has 0 saturated carbocycles. The maximum atomic E-state index is 12.6. The number of hydrogen-bond donors (Lipinski definition) is 3. The SMILES string of the molecule is Cc1cnc(N)c(S(=O)(=O)Nc2cccc3c2OCCC3O)c1. The molecule has 1 aliphatic rings. The quantitative estimate of drug-likeness (QED) is 0.785. The minimum absolute atomic E-state index is 0.0751. The number of hydrogen-bond acceptors (Lipinski definition) is 6. The number of fused-ring (bicyclic) bond motifs is 1. The maximum Gasteiger partial charge on any atom is 0.265 e. The number of anilines is 2. The van der Waals surface area contributed by atoms with Crippen LogP contribution in [0.4, 0.5) is 11.5 Å². The smallest absolute Gasteiger partial charge is 0.265 e. The number of aryl methyl sites for hydroxylation is 1. The standard InChI is InChI=1S/C15H17N3O4S/c1-9-7-13(15(16)17-8-9)23(20,21)18-11-4-2-3-10-12(19)5-6-22-14(10)11/h2-4,7-8,12,18-19H,5-6H2,1H3,(H2,16,17). The van der Waals surface area contributed by atoms with Gasteiger partial charge < -0.3 is 15.6 Å². The first-order chi connectivity index (χ1) is 10.9. The molecular formula is C15H17N3O4S. The molecule has 0 fully saturated rings. The molecule has 2 heterocycles. The first-order valence-corrected chi connectivity index (χ1v) is 8.55. The van der Waals surface area contributed by atoms with Crippen molar-refractivity contribution >= 4 is 21.5 Å². The summed E-state index contributed by atoms with van der Waals surface area (Å²) >= 11 is 0. The number of aliphatic hydroxyl groups is 1. The Hall–Kier alpha value is -2.32. The number of ether oxygens (including phenoxy) is 1. The Morgan fingerprint density at radius 2 is 2.22 bits per heavy atom. The van der Waals surface area contributed by atoms with Gasteiger partial charge in [-0.1, -0.05) is 12.1 Å². The second-order valence-electron chi connectivity index (χ2n) is 5.38. The molecule has 0 radical (unpaired) electrons. The molecule has 0 saturated heterocycles. The summed E-state index contributed by atoms with van der Waals surface area (Å²) in [5, 5.41) is 9.99. The summed E-state index contributed by atoms with van der Waals surface area (Å²) in [7, 11) is -3.92. The third-order valence-electron chi connectivity index (χ3n) is 3.59. The molecule has 4 N–H and O–H groups in total. The highest BCUT2D eigenvalue weighted by Crippen LogP contribution is 2.38. The van der Waals surface area contributed by atoms with E-state index in [0.29, 0.717) is 29.9 Å². The van der Waals surface area contributed by atoms with Gasteiger partial charge in [0, 0.05) is 18.2 Å². The van der Waals surface area contributed by atoms with E-state index in [1.165, 1.54) is 12.3 Å². The van der Waals surface area contributed by atoms with Crippen LogP contribution in [-0.2, 0) is 10.0 Å². The fraction of sp³-hybridized carbons (Fsp3) is 0.267. The van der Waals surface area contributed by atoms with E-state index in [2.05, 4.69) is 9.71 Å². The van der Waals surface area contributed by atoms with Gasteiger partial charge in [-0.15, -0.1) is 0 Å². The average Bonchev–Trinajstić information content (AvgIpc) is 2.50. The largest absolute Gasteiger partial charge is 0.491 e. The van der Waals surface area contributed by atoms with Crippen LogP contribution in [0.2, 0.25) is 0 Å². The molecule has 2 aromatic rings. The van der Waals surface area contributed by atoms with Gasteiger partial charge in [-0.2, -0.15) is 0 Å². The van der Waals surface area contributed by atoms with Crippen molar-refractivity contribution in [1.29, 1.82) is 0 Å². The third kappa shape index (κ3) is 2.95. The number of rotatable bonds is 3. The Kier molecular flexibility index (Phi) is 3.87. The van der Waals surface area contributed by atoms with E-state index in [4.69, 9.17) is 10.5 Å². The van der Waals surface area contributed by atoms with Gasteiger partial charge in [-0.05, 0) is 24.6 Å². The number of benzene rings is 1. The second-order valence-corrected chi connectivity index (χ2v) is 7.03. The fourth-order valence-electron chi connectivity index (χ4n) is 2.45. The molecule has 1 aromatic heterocycles. The molecule has 1 atom stereocenters. The Morgan fingerprint density at radius 1 is 1.43 bits per heavy atom. The normalized spacial score (nSPS) is 17.2. The molecular weight excluding hydrogens is 318 g/mol. The lowest BCUT2D eigenvalue weighted by molar-refractivity contribution is 0.116. The molecule has 8 heteroatoms. The summed E-state index contributed by atoms with van der Waals surface area (Å²) in [5.74, 6) is 0.267. The van der Waals surface area contributed by atoms with E-state index in [1.54, 1.807) is 25.1 Å². The van der Waals surface area contributed by atoms with Crippen molar-refractivity contribution in [3.05, 3.63) is 41.6 Å². The van der Waals surface area contributed by atoms with Crippen LogP contribution in [0.3, 0.4) is 0 Å². The molecule has 0 bridgehead atoms. The van der Waals surface area contributed by atoms with Crippen molar-refractivity contribution < 1.29 is 18.3 Å². The number of nitrogens with one attached hydrogen (secondary N) is 1. The van der Waals surface area contributed by atoms with E-state index < -0.39 is 16.1 Å². The van der Waals surface area contributed by atoms with Crippen molar-refractivity contribution in [2.24, 2.45) is 0 Å². The molecule has 7 nitrogen and oxygen atoms in total. The van der Waals surface area contributed by atoms with Crippen LogP contribution in [-0.4, -0.2) is 25.1 Å². The summed E-state index contributed by atoms with van der Waals surface area (Å²) in [6.07, 6.45) is 1.30. The van der Waals surface area contributed by atoms with E-state index >= 15 is 0 Å². The number of aromatic nitrogens is 1. The minimum Gasteiger partial charge on any atom is -0.491 e. The number of sulfonamides is 1. The van der Waals surface area contributed by atoms with Crippen molar-refractivity contribution in [3.8, 4) is 5.75 Å². The van der Waals surface area contributed by atoms with E-state index in [0.717, 1.165) is 0 Å². The zero-order valence-corrected chi connectivity index (χ0v) is 13.3. The van der Waals surface area contributed by atoms with Crippen molar-refractivity contribution in [2.45, 2.75) is 24.3 Å². The van der Waals surface area contributed by atoms with Gasteiger partial charge in [0.15, 0.2) is 0 Å². The van der Waals surface area contributed by atoms with Crippen LogP contribution in [0.25, 0.3) is 0 Å². The third-order valence-corrected chi connectivity index (χ3v) is 4.99. The van der Waals surface area contributed by atoms with Gasteiger partial charge in [-0.3, -0.25) is 4.72 Å². The summed E-state index contributed by atoms with van der Waals surface area (Å²) < 4.78 is 33.2. The second kappa shape index (κ2) is 5.71. The zero-order chi connectivity index (χ0) is 16.6. The molecule has 3 rings (SSSR count). The van der Waals surface area contributed by atoms with E-state index in [1.807, 2.05) is 0 Å². The van der Waals surface area contributed by atoms with Gasteiger partial charge in [0.25, 0.3) is 10.0 Å². The summed E-state index contributed by atoms with van der Waals surface area (Å²) in [4.78, 5) is 3.78. The molecule has 1 aromatic carbocycles. The number of nitrogen functional groups attached to an aromatic ring is 1. The van der Waals surface area contributed by atoms with Crippen molar-refractivity contribution in [3.63, 3.8) is 0 Å². The monoisotopic (exact) mass is 335 g/mol. The summed E-state index contributed by atoms with van der Waals surface area (Å²) in [6, 6.07) is 6.40. The zero-order valence-electron chi connectivity index (χ0n) is 12.5. The molecule has 1 aliphatic heterocycles. The minimum atomic E-state index is -3.92. The lowest BCUT2D eigenvalue weighted by Crippen LogP contribution is -2.19. The average molecular weight is 335 g/mol. The van der Waals surface area contributed by atoms with Crippen LogP contribution in [0.1, 0.15) is 23.7 Å². The van der Waals surface area contributed by atoms with Crippen LogP contribution in [0.15, 0.2) is 35.4 Å². The Balaban J connectivity index is 2.02. The van der Waals surface area contributed by atoms with Crippen LogP contribution in [0, 0.1) is 6.92 Å². The Bertz CT molecular complexity index is 852. The lowest BCUT2D eigenvalue weighted by atomic mass is 10.0. The highest BCUT2D eigenvalue weighted by Gasteiger charge is 2.25. The number of nitrogens with zero attached hydrogens (tertiary/aromatic N) is 1. The highest BCUT2D eigenvalue weighted by atomic mass is 32.2. The van der Waals surface area contributed by atoms with E-state index in [-0.39, 0.29) is 16.4 Å². The molecule has 122 valence electrons. The predicted octanol–water partition coefficient (Wildman–Crippen LogP) is 1.59. The van der Waals surface area contributed by atoms with Crippen LogP contribution in [0.5, 0.6) is 5.75 Å².